The van der Waals surface area contributed by atoms with Gasteiger partial charge in [-0.25, -0.2) is 0 Å². The monoisotopic (exact) mass is 347 g/mol. The Hall–Kier alpha value is -3.27. The quantitative estimate of drug-likeness (QED) is 0.726. The molecule has 0 aliphatic heterocycles. The second-order valence-corrected chi connectivity index (χ2v) is 5.79. The largest absolute Gasteiger partial charge is 0.497 e. The predicted octanol–water partition coefficient (Wildman–Crippen LogP) is 4.22. The zero-order valence-corrected chi connectivity index (χ0v) is 14.8. The molecule has 1 unspecified atom stereocenters. The summed E-state index contributed by atoms with van der Waals surface area (Å²) in [6.45, 7) is 0. The lowest BCUT2D eigenvalue weighted by Gasteiger charge is -2.21. The Balaban J connectivity index is 1.94. The van der Waals surface area contributed by atoms with Gasteiger partial charge in [-0.1, -0.05) is 54.6 Å². The van der Waals surface area contributed by atoms with E-state index in [0.717, 1.165) is 16.9 Å². The smallest absolute Gasteiger partial charge is 0.255 e. The fourth-order valence-electron chi connectivity index (χ4n) is 2.84. The zero-order chi connectivity index (χ0) is 18.4. The van der Waals surface area contributed by atoms with Crippen LogP contribution in [0.1, 0.15) is 27.5 Å². The highest BCUT2D eigenvalue weighted by molar-refractivity contribution is 5.97. The summed E-state index contributed by atoms with van der Waals surface area (Å²) in [6, 6.07) is 24.5. The number of para-hydroxylation sites is 1. The SMILES string of the molecule is COc1ccc(C(NC(=O)c2ccccc2OC)c2ccccc2)cc1. The van der Waals surface area contributed by atoms with E-state index in [-0.39, 0.29) is 11.9 Å². The summed E-state index contributed by atoms with van der Waals surface area (Å²) in [4.78, 5) is 12.9. The standard InChI is InChI=1S/C22H21NO3/c1-25-18-14-12-17(13-15-18)21(16-8-4-3-5-9-16)23-22(24)19-10-6-7-11-20(19)26-2/h3-15,21H,1-2H3,(H,23,24). The number of ether oxygens (including phenoxy) is 2. The Morgan fingerprint density at radius 3 is 2.04 bits per heavy atom. The van der Waals surface area contributed by atoms with Crippen molar-refractivity contribution in [2.24, 2.45) is 0 Å². The second kappa shape index (κ2) is 8.21. The Morgan fingerprint density at radius 2 is 1.38 bits per heavy atom. The highest BCUT2D eigenvalue weighted by atomic mass is 16.5. The third-order valence-corrected chi connectivity index (χ3v) is 4.21. The average Bonchev–Trinajstić information content (AvgIpc) is 2.72. The van der Waals surface area contributed by atoms with E-state index < -0.39 is 0 Å². The minimum atomic E-state index is -0.278. The van der Waals surface area contributed by atoms with Gasteiger partial charge < -0.3 is 14.8 Å². The summed E-state index contributed by atoms with van der Waals surface area (Å²) in [5.74, 6) is 1.13. The number of nitrogens with one attached hydrogen (secondary N) is 1. The number of carbonyl (C=O) groups excluding carboxylic acids is 1. The Bertz CT molecular complexity index is 860. The van der Waals surface area contributed by atoms with Gasteiger partial charge in [-0.3, -0.25) is 4.79 Å². The van der Waals surface area contributed by atoms with Crippen LogP contribution in [0, 0.1) is 0 Å². The van der Waals surface area contributed by atoms with Crippen LogP contribution in [-0.2, 0) is 0 Å². The van der Waals surface area contributed by atoms with Crippen molar-refractivity contribution in [1.82, 2.24) is 5.32 Å². The first kappa shape index (κ1) is 17.5. The first-order valence-corrected chi connectivity index (χ1v) is 8.35. The molecule has 0 aliphatic rings. The summed E-state index contributed by atoms with van der Waals surface area (Å²) >= 11 is 0. The fraction of sp³-hybridized carbons (Fsp3) is 0.136. The highest BCUT2D eigenvalue weighted by Crippen LogP contribution is 2.26. The maximum absolute atomic E-state index is 12.9. The Kier molecular flexibility index (Phi) is 5.54. The molecule has 0 spiro atoms. The van der Waals surface area contributed by atoms with E-state index in [0.29, 0.717) is 11.3 Å². The van der Waals surface area contributed by atoms with E-state index in [1.807, 2.05) is 66.7 Å². The van der Waals surface area contributed by atoms with Gasteiger partial charge in [0.1, 0.15) is 11.5 Å². The van der Waals surface area contributed by atoms with Gasteiger partial charge in [-0.05, 0) is 35.4 Å². The van der Waals surface area contributed by atoms with Crippen molar-refractivity contribution >= 4 is 5.91 Å². The third-order valence-electron chi connectivity index (χ3n) is 4.21. The third kappa shape index (κ3) is 3.86. The van der Waals surface area contributed by atoms with E-state index in [4.69, 9.17) is 9.47 Å². The van der Waals surface area contributed by atoms with Crippen LogP contribution in [0.4, 0.5) is 0 Å². The molecule has 0 saturated carbocycles. The van der Waals surface area contributed by atoms with Gasteiger partial charge in [-0.2, -0.15) is 0 Å². The van der Waals surface area contributed by atoms with Crippen molar-refractivity contribution in [2.75, 3.05) is 14.2 Å². The van der Waals surface area contributed by atoms with Crippen molar-refractivity contribution in [3.05, 3.63) is 95.6 Å². The fourth-order valence-corrected chi connectivity index (χ4v) is 2.84. The molecule has 0 aromatic heterocycles. The zero-order valence-electron chi connectivity index (χ0n) is 14.8. The number of hydrogen-bond acceptors (Lipinski definition) is 3. The number of carbonyl (C=O) groups is 1. The van der Waals surface area contributed by atoms with Crippen LogP contribution in [0.2, 0.25) is 0 Å². The lowest BCUT2D eigenvalue weighted by atomic mass is 9.98. The van der Waals surface area contributed by atoms with Gasteiger partial charge in [0, 0.05) is 0 Å². The summed E-state index contributed by atoms with van der Waals surface area (Å²) in [5.41, 5.74) is 2.48. The van der Waals surface area contributed by atoms with Crippen LogP contribution >= 0.6 is 0 Å². The molecule has 1 N–H and O–H groups in total. The lowest BCUT2D eigenvalue weighted by molar-refractivity contribution is 0.0940. The van der Waals surface area contributed by atoms with Crippen molar-refractivity contribution in [3.8, 4) is 11.5 Å². The van der Waals surface area contributed by atoms with Crippen LogP contribution in [-0.4, -0.2) is 20.1 Å². The van der Waals surface area contributed by atoms with E-state index >= 15 is 0 Å². The van der Waals surface area contributed by atoms with E-state index in [9.17, 15) is 4.79 Å². The molecule has 3 rings (SSSR count). The second-order valence-electron chi connectivity index (χ2n) is 5.79. The molecule has 0 saturated heterocycles. The van der Waals surface area contributed by atoms with Gasteiger partial charge in [0.05, 0.1) is 25.8 Å². The molecule has 1 atom stereocenters. The molecule has 26 heavy (non-hydrogen) atoms. The van der Waals surface area contributed by atoms with Crippen LogP contribution in [0.15, 0.2) is 78.9 Å². The van der Waals surface area contributed by atoms with Crippen LogP contribution < -0.4 is 14.8 Å². The molecule has 1 amide bonds. The first-order chi connectivity index (χ1) is 12.7. The molecule has 0 heterocycles. The number of methoxy groups -OCH3 is 2. The molecular formula is C22H21NO3. The number of benzene rings is 3. The Labute approximate surface area is 153 Å². The number of rotatable bonds is 6. The van der Waals surface area contributed by atoms with Crippen LogP contribution in [0.25, 0.3) is 0 Å². The molecule has 0 bridgehead atoms. The summed E-state index contributed by atoms with van der Waals surface area (Å²) in [5, 5.41) is 3.12. The molecule has 132 valence electrons. The average molecular weight is 347 g/mol. The molecule has 3 aromatic rings. The van der Waals surface area contributed by atoms with Crippen molar-refractivity contribution < 1.29 is 14.3 Å². The van der Waals surface area contributed by atoms with Gasteiger partial charge in [0.2, 0.25) is 0 Å². The molecule has 4 heteroatoms. The Morgan fingerprint density at radius 1 is 0.769 bits per heavy atom. The van der Waals surface area contributed by atoms with Crippen LogP contribution in [0.3, 0.4) is 0 Å². The summed E-state index contributed by atoms with van der Waals surface area (Å²) < 4.78 is 10.5. The summed E-state index contributed by atoms with van der Waals surface area (Å²) in [7, 11) is 3.19. The van der Waals surface area contributed by atoms with Crippen LogP contribution in [0.5, 0.6) is 11.5 Å². The lowest BCUT2D eigenvalue weighted by Crippen LogP contribution is -2.29. The van der Waals surface area contributed by atoms with Crippen molar-refractivity contribution in [3.63, 3.8) is 0 Å². The van der Waals surface area contributed by atoms with Gasteiger partial charge in [0.25, 0.3) is 5.91 Å². The highest BCUT2D eigenvalue weighted by Gasteiger charge is 2.19. The number of amides is 1. The first-order valence-electron chi connectivity index (χ1n) is 8.35. The van der Waals surface area contributed by atoms with Crippen molar-refractivity contribution in [1.29, 1.82) is 0 Å². The van der Waals surface area contributed by atoms with E-state index in [2.05, 4.69) is 5.32 Å². The normalized spacial score (nSPS) is 11.5. The van der Waals surface area contributed by atoms with Gasteiger partial charge in [0.15, 0.2) is 0 Å². The maximum atomic E-state index is 12.9. The van der Waals surface area contributed by atoms with Crippen molar-refractivity contribution in [2.45, 2.75) is 6.04 Å². The molecule has 4 nitrogen and oxygen atoms in total. The number of hydrogen-bond donors (Lipinski definition) is 1. The van der Waals surface area contributed by atoms with Gasteiger partial charge in [-0.15, -0.1) is 0 Å². The molecule has 3 aromatic carbocycles. The van der Waals surface area contributed by atoms with Gasteiger partial charge >= 0.3 is 0 Å². The molecule has 0 radical (unpaired) electrons. The molecular weight excluding hydrogens is 326 g/mol. The predicted molar refractivity (Wildman–Crippen MR) is 102 cm³/mol. The summed E-state index contributed by atoms with van der Waals surface area (Å²) in [6.07, 6.45) is 0. The minimum absolute atomic E-state index is 0.188. The topological polar surface area (TPSA) is 47.6 Å². The van der Waals surface area contributed by atoms with E-state index in [1.165, 1.54) is 0 Å². The molecule has 0 aliphatic carbocycles. The molecule has 0 fully saturated rings. The minimum Gasteiger partial charge on any atom is -0.497 e. The maximum Gasteiger partial charge on any atom is 0.255 e. The van der Waals surface area contributed by atoms with E-state index in [1.54, 1.807) is 26.4 Å².